The summed E-state index contributed by atoms with van der Waals surface area (Å²) >= 11 is 0. The highest BCUT2D eigenvalue weighted by Gasteiger charge is 2.34. The fourth-order valence-electron chi connectivity index (χ4n) is 4.41. The third-order valence-electron chi connectivity index (χ3n) is 6.24. The summed E-state index contributed by atoms with van der Waals surface area (Å²) in [6, 6.07) is 11.5. The van der Waals surface area contributed by atoms with Gasteiger partial charge in [0.1, 0.15) is 23.4 Å². The minimum absolute atomic E-state index is 0.131. The molecule has 3 N–H and O–H groups in total. The molecule has 0 spiro atoms. The Morgan fingerprint density at radius 2 is 2.03 bits per heavy atom. The SMILES string of the molecule is Cc1ccc(OC2=NC3C=C(F)C(C4C=CC(c5ccccc5O)=CC4)=CC3N2)cc1C(=O)O. The molecule has 0 radical (unpaired) electrons. The second kappa shape index (κ2) is 8.67. The van der Waals surface area contributed by atoms with Crippen LogP contribution in [0.1, 0.15) is 27.9 Å². The van der Waals surface area contributed by atoms with Crippen molar-refractivity contribution in [1.82, 2.24) is 5.32 Å². The number of carboxylic acid groups (broad SMARTS) is 1. The Bertz CT molecular complexity index is 1320. The number of ether oxygens (including phenoxy) is 1. The van der Waals surface area contributed by atoms with Crippen LogP contribution in [-0.4, -0.2) is 34.3 Å². The number of rotatable bonds is 4. The van der Waals surface area contributed by atoms with Crippen LogP contribution in [0.5, 0.6) is 11.5 Å². The summed E-state index contributed by atoms with van der Waals surface area (Å²) in [5.41, 5.74) is 3.03. The summed E-state index contributed by atoms with van der Waals surface area (Å²) < 4.78 is 20.7. The number of phenols is 1. The number of carbonyl (C=O) groups is 1. The number of aliphatic imine (C=N–C) groups is 1. The van der Waals surface area contributed by atoms with E-state index < -0.39 is 12.0 Å². The second-order valence-corrected chi connectivity index (χ2v) is 8.49. The van der Waals surface area contributed by atoms with E-state index in [4.69, 9.17) is 4.74 Å². The van der Waals surface area contributed by atoms with Gasteiger partial charge in [0.05, 0.1) is 11.6 Å². The molecule has 34 heavy (non-hydrogen) atoms. The monoisotopic (exact) mass is 458 g/mol. The smallest absolute Gasteiger partial charge is 0.336 e. The van der Waals surface area contributed by atoms with E-state index >= 15 is 0 Å². The van der Waals surface area contributed by atoms with Crippen LogP contribution in [0.4, 0.5) is 4.39 Å². The maximum absolute atomic E-state index is 15.0. The number of fused-ring (bicyclic) bond motifs is 1. The molecule has 172 valence electrons. The van der Waals surface area contributed by atoms with Gasteiger partial charge in [0.15, 0.2) is 0 Å². The standard InChI is InChI=1S/C27H23FN2O4/c1-15-6-11-18(12-20(15)26(32)33)34-27-29-23-13-21(22(28)14-24(23)30-27)17-9-7-16(8-10-17)19-4-2-3-5-25(19)31/h2-9,11-14,17,23-24,31H,10H2,1H3,(H,29,30)(H,32,33). The summed E-state index contributed by atoms with van der Waals surface area (Å²) in [6.45, 7) is 1.72. The lowest BCUT2D eigenvalue weighted by Gasteiger charge is -2.25. The van der Waals surface area contributed by atoms with Crippen molar-refractivity contribution >= 4 is 17.6 Å². The number of nitrogens with zero attached hydrogens (tertiary/aromatic N) is 1. The van der Waals surface area contributed by atoms with E-state index in [1.807, 2.05) is 36.4 Å². The first-order valence-corrected chi connectivity index (χ1v) is 11.0. The van der Waals surface area contributed by atoms with E-state index in [9.17, 15) is 19.4 Å². The van der Waals surface area contributed by atoms with Gasteiger partial charge in [-0.15, -0.1) is 0 Å². The first kappa shape index (κ1) is 21.7. The van der Waals surface area contributed by atoms with Gasteiger partial charge >= 0.3 is 5.97 Å². The summed E-state index contributed by atoms with van der Waals surface area (Å²) in [5, 5.41) is 22.6. The van der Waals surface area contributed by atoms with Crippen LogP contribution >= 0.6 is 0 Å². The number of halogens is 1. The van der Waals surface area contributed by atoms with Crippen LogP contribution in [0, 0.1) is 12.8 Å². The van der Waals surface area contributed by atoms with E-state index in [0.29, 0.717) is 23.3 Å². The van der Waals surface area contributed by atoms with Crippen molar-refractivity contribution in [3.8, 4) is 11.5 Å². The average Bonchev–Trinajstić information content (AvgIpc) is 3.21. The summed E-state index contributed by atoms with van der Waals surface area (Å²) in [7, 11) is 0. The number of benzene rings is 2. The number of allylic oxidation sites excluding steroid dienone is 6. The number of aromatic hydroxyl groups is 1. The number of carboxylic acids is 1. The molecule has 6 nitrogen and oxygen atoms in total. The van der Waals surface area contributed by atoms with E-state index in [-0.39, 0.29) is 35.1 Å². The lowest BCUT2D eigenvalue weighted by Crippen LogP contribution is -2.36. The Hall–Kier alpha value is -4.13. The first-order chi connectivity index (χ1) is 16.4. The van der Waals surface area contributed by atoms with Crippen molar-refractivity contribution in [2.75, 3.05) is 0 Å². The number of para-hydroxylation sites is 1. The molecule has 0 saturated carbocycles. The molecule has 0 fully saturated rings. The molecule has 0 amide bonds. The third-order valence-corrected chi connectivity index (χ3v) is 6.24. The summed E-state index contributed by atoms with van der Waals surface area (Å²) in [6.07, 6.45) is 9.80. The Kier molecular flexibility index (Phi) is 5.53. The van der Waals surface area contributed by atoms with Gasteiger partial charge in [-0.2, -0.15) is 0 Å². The van der Waals surface area contributed by atoms with Crippen LogP contribution in [-0.2, 0) is 0 Å². The number of nitrogens with one attached hydrogen (secondary N) is 1. The zero-order valence-electron chi connectivity index (χ0n) is 18.4. The fraction of sp³-hybridized carbons (Fsp3) is 0.185. The lowest BCUT2D eigenvalue weighted by molar-refractivity contribution is 0.0695. The maximum atomic E-state index is 15.0. The first-order valence-electron chi connectivity index (χ1n) is 11.0. The lowest BCUT2D eigenvalue weighted by atomic mass is 9.83. The van der Waals surface area contributed by atoms with E-state index in [0.717, 1.165) is 11.1 Å². The minimum atomic E-state index is -1.03. The van der Waals surface area contributed by atoms with E-state index in [1.165, 1.54) is 12.1 Å². The zero-order chi connectivity index (χ0) is 23.8. The summed E-state index contributed by atoms with van der Waals surface area (Å²) in [4.78, 5) is 15.8. The van der Waals surface area contributed by atoms with Gasteiger partial charge in [-0.25, -0.2) is 14.2 Å². The van der Waals surface area contributed by atoms with Gasteiger partial charge in [0, 0.05) is 11.5 Å². The summed E-state index contributed by atoms with van der Waals surface area (Å²) in [5.74, 6) is -0.916. The third kappa shape index (κ3) is 4.12. The number of amidine groups is 1. The Balaban J connectivity index is 1.29. The van der Waals surface area contributed by atoms with E-state index in [1.54, 1.807) is 31.2 Å². The van der Waals surface area contributed by atoms with Gasteiger partial charge in [0.25, 0.3) is 6.02 Å². The molecule has 0 saturated heterocycles. The number of aryl methyl sites for hydroxylation is 1. The highest BCUT2D eigenvalue weighted by atomic mass is 19.1. The van der Waals surface area contributed by atoms with Gasteiger partial charge in [-0.1, -0.05) is 48.6 Å². The van der Waals surface area contributed by atoms with Crippen molar-refractivity contribution in [3.05, 3.63) is 101 Å². The van der Waals surface area contributed by atoms with Crippen molar-refractivity contribution in [1.29, 1.82) is 0 Å². The molecule has 2 aromatic carbocycles. The van der Waals surface area contributed by atoms with Crippen LogP contribution in [0.2, 0.25) is 0 Å². The molecular formula is C27H23FN2O4. The topological polar surface area (TPSA) is 91.2 Å². The molecular weight excluding hydrogens is 435 g/mol. The van der Waals surface area contributed by atoms with Crippen LogP contribution in [0.15, 0.2) is 89.2 Å². The number of hydrogen-bond acceptors (Lipinski definition) is 5. The van der Waals surface area contributed by atoms with E-state index in [2.05, 4.69) is 10.3 Å². The normalized spacial score (nSPS) is 23.2. The maximum Gasteiger partial charge on any atom is 0.336 e. The molecule has 3 aliphatic rings. The number of hydrogen-bond donors (Lipinski definition) is 3. The van der Waals surface area contributed by atoms with Crippen LogP contribution < -0.4 is 10.1 Å². The quantitative estimate of drug-likeness (QED) is 0.605. The van der Waals surface area contributed by atoms with Crippen molar-refractivity contribution in [2.45, 2.75) is 25.4 Å². The molecule has 1 heterocycles. The van der Waals surface area contributed by atoms with Gasteiger partial charge in [0.2, 0.25) is 0 Å². The molecule has 5 rings (SSSR count). The van der Waals surface area contributed by atoms with Gasteiger partial charge < -0.3 is 20.3 Å². The average molecular weight is 458 g/mol. The zero-order valence-corrected chi connectivity index (χ0v) is 18.4. The highest BCUT2D eigenvalue weighted by molar-refractivity contribution is 5.90. The van der Waals surface area contributed by atoms with Gasteiger partial charge in [-0.3, -0.25) is 0 Å². The molecule has 0 aromatic heterocycles. The molecule has 1 aliphatic heterocycles. The van der Waals surface area contributed by atoms with Gasteiger partial charge in [-0.05, 0) is 54.3 Å². The highest BCUT2D eigenvalue weighted by Crippen LogP contribution is 2.37. The Morgan fingerprint density at radius 3 is 2.76 bits per heavy atom. The van der Waals surface area contributed by atoms with Crippen molar-refractivity contribution < 1.29 is 24.1 Å². The predicted octanol–water partition coefficient (Wildman–Crippen LogP) is 4.93. The number of aromatic carboxylic acids is 1. The molecule has 3 unspecified atom stereocenters. The largest absolute Gasteiger partial charge is 0.507 e. The second-order valence-electron chi connectivity index (χ2n) is 8.49. The van der Waals surface area contributed by atoms with Crippen molar-refractivity contribution in [3.63, 3.8) is 0 Å². The predicted molar refractivity (Wildman–Crippen MR) is 128 cm³/mol. The van der Waals surface area contributed by atoms with Crippen LogP contribution in [0.25, 0.3) is 5.57 Å². The minimum Gasteiger partial charge on any atom is -0.507 e. The van der Waals surface area contributed by atoms with Crippen LogP contribution in [0.3, 0.4) is 0 Å². The molecule has 2 aliphatic carbocycles. The number of phenolic OH excluding ortho intramolecular Hbond substituents is 1. The molecule has 2 aromatic rings. The fourth-order valence-corrected chi connectivity index (χ4v) is 4.41. The molecule has 0 bridgehead atoms. The van der Waals surface area contributed by atoms with Crippen molar-refractivity contribution in [2.24, 2.45) is 10.9 Å². The molecule has 3 atom stereocenters. The Labute approximate surface area is 196 Å². The molecule has 7 heteroatoms. The Morgan fingerprint density at radius 1 is 1.21 bits per heavy atom.